The number of aryl methyl sites for hydroxylation is 1. The molecule has 1 aliphatic heterocycles. The molecule has 0 spiro atoms. The molecule has 3 heterocycles. The number of thiophene rings is 2. The molecule has 0 aromatic carbocycles. The Hall–Kier alpha value is -1.45. The normalized spacial score (nSPS) is 18.4. The predicted molar refractivity (Wildman–Crippen MR) is 109 cm³/mol. The van der Waals surface area contributed by atoms with Gasteiger partial charge in [0.05, 0.1) is 9.75 Å². The van der Waals surface area contributed by atoms with Gasteiger partial charge < -0.3 is 5.11 Å². The maximum absolute atomic E-state index is 12.8. The Kier molecular flexibility index (Phi) is 5.99. The average molecular weight is 388 g/mol. The first-order chi connectivity index (χ1) is 12.3. The number of piperidine rings is 1. The van der Waals surface area contributed by atoms with Gasteiger partial charge in [-0.2, -0.15) is 0 Å². The lowest BCUT2D eigenvalue weighted by molar-refractivity contribution is 0.0816. The smallest absolute Gasteiger partial charge is 0.177 e. The molecule has 2 aromatic heterocycles. The predicted octanol–water partition coefficient (Wildman–Crippen LogP) is 4.34. The van der Waals surface area contributed by atoms with E-state index in [1.165, 1.54) is 4.88 Å². The van der Waals surface area contributed by atoms with Crippen LogP contribution in [-0.2, 0) is 6.54 Å². The highest BCUT2D eigenvalue weighted by atomic mass is 32.1. The molecule has 1 atom stereocenters. The van der Waals surface area contributed by atoms with Crippen LogP contribution in [-0.4, -0.2) is 34.5 Å². The lowest BCUT2D eigenvalue weighted by Gasteiger charge is -2.31. The van der Waals surface area contributed by atoms with Crippen LogP contribution in [0, 0.1) is 24.7 Å². The Morgan fingerprint density at radius 1 is 1.38 bits per heavy atom. The van der Waals surface area contributed by atoms with Gasteiger partial charge in [-0.15, -0.1) is 22.7 Å². The van der Waals surface area contributed by atoms with Crippen molar-refractivity contribution < 1.29 is 9.90 Å². The topological polar surface area (TPSA) is 40.5 Å². The molecule has 1 fully saturated rings. The van der Waals surface area contributed by atoms with E-state index in [4.69, 9.17) is 0 Å². The van der Waals surface area contributed by atoms with Crippen LogP contribution >= 0.6 is 22.7 Å². The van der Waals surface area contributed by atoms with Crippen molar-refractivity contribution in [2.75, 3.05) is 13.1 Å². The van der Waals surface area contributed by atoms with Crippen LogP contribution in [0.5, 0.6) is 0 Å². The van der Waals surface area contributed by atoms with Crippen molar-refractivity contribution in [2.45, 2.75) is 45.8 Å². The average Bonchev–Trinajstić information content (AvgIpc) is 3.21. The number of aliphatic hydroxyl groups is 1. The molecule has 0 saturated carbocycles. The third-order valence-corrected chi connectivity index (χ3v) is 6.51. The van der Waals surface area contributed by atoms with Gasteiger partial charge in [-0.05, 0) is 69.3 Å². The van der Waals surface area contributed by atoms with Gasteiger partial charge >= 0.3 is 0 Å². The maximum atomic E-state index is 12.8. The van der Waals surface area contributed by atoms with E-state index in [1.54, 1.807) is 36.5 Å². The molecule has 0 aliphatic carbocycles. The highest BCUT2D eigenvalue weighted by molar-refractivity contribution is 7.12. The summed E-state index contributed by atoms with van der Waals surface area (Å²) in [5, 5.41) is 11.7. The fourth-order valence-electron chi connectivity index (χ4n) is 3.19. The standard InChI is InChI=1S/C21H25NO2S2/c1-15-9-12-25-20(15)19(23)16-5-4-11-22(13-16)14-18-7-6-17(26-18)8-10-21(2,3)24/h6-7,9,12,16,24H,4-5,11,13-14H2,1-3H3/t16-/m0/s1. The molecule has 1 N–H and O–H groups in total. The van der Waals surface area contributed by atoms with E-state index < -0.39 is 5.60 Å². The number of nitrogens with zero attached hydrogens (tertiary/aromatic N) is 1. The van der Waals surface area contributed by atoms with Crippen LogP contribution in [0.4, 0.5) is 0 Å². The van der Waals surface area contributed by atoms with Crippen LogP contribution in [0.3, 0.4) is 0 Å². The molecule has 3 nitrogen and oxygen atoms in total. The SMILES string of the molecule is Cc1ccsc1C(=O)[C@H]1CCCN(Cc2ccc(C#CC(C)(C)O)s2)C1. The molecule has 5 heteroatoms. The summed E-state index contributed by atoms with van der Waals surface area (Å²) in [5.74, 6) is 6.32. The molecule has 3 rings (SSSR count). The van der Waals surface area contributed by atoms with Gasteiger partial charge in [-0.3, -0.25) is 9.69 Å². The zero-order valence-corrected chi connectivity index (χ0v) is 17.2. The monoisotopic (exact) mass is 387 g/mol. The Morgan fingerprint density at radius 2 is 2.19 bits per heavy atom. The van der Waals surface area contributed by atoms with Crippen molar-refractivity contribution in [3.05, 3.63) is 43.8 Å². The second kappa shape index (κ2) is 8.06. The number of carbonyl (C=O) groups excluding carboxylic acids is 1. The van der Waals surface area contributed by atoms with Crippen molar-refractivity contribution in [1.82, 2.24) is 4.90 Å². The van der Waals surface area contributed by atoms with E-state index in [0.29, 0.717) is 5.78 Å². The highest BCUT2D eigenvalue weighted by Gasteiger charge is 2.28. The van der Waals surface area contributed by atoms with Crippen LogP contribution in [0.1, 0.15) is 51.7 Å². The van der Waals surface area contributed by atoms with Crippen molar-refractivity contribution in [2.24, 2.45) is 5.92 Å². The van der Waals surface area contributed by atoms with Crippen molar-refractivity contribution in [3.63, 3.8) is 0 Å². The van der Waals surface area contributed by atoms with Crippen LogP contribution in [0.2, 0.25) is 0 Å². The summed E-state index contributed by atoms with van der Waals surface area (Å²) in [4.78, 5) is 18.3. The third kappa shape index (κ3) is 5.05. The Morgan fingerprint density at radius 3 is 2.88 bits per heavy atom. The zero-order chi connectivity index (χ0) is 18.7. The van der Waals surface area contributed by atoms with Gasteiger partial charge in [0, 0.05) is 23.9 Å². The number of hydrogen-bond acceptors (Lipinski definition) is 5. The third-order valence-electron chi connectivity index (χ3n) is 4.49. The first-order valence-corrected chi connectivity index (χ1v) is 10.7. The van der Waals surface area contributed by atoms with Gasteiger partial charge in [0.2, 0.25) is 0 Å². The fraction of sp³-hybridized carbons (Fsp3) is 0.476. The largest absolute Gasteiger partial charge is 0.378 e. The summed E-state index contributed by atoms with van der Waals surface area (Å²) in [6.07, 6.45) is 2.05. The molecule has 26 heavy (non-hydrogen) atoms. The molecule has 2 aromatic rings. The maximum Gasteiger partial charge on any atom is 0.177 e. The van der Waals surface area contributed by atoms with E-state index in [9.17, 15) is 9.90 Å². The summed E-state index contributed by atoms with van der Waals surface area (Å²) in [7, 11) is 0. The zero-order valence-electron chi connectivity index (χ0n) is 15.5. The Labute approximate surface area is 163 Å². The minimum atomic E-state index is -0.968. The lowest BCUT2D eigenvalue weighted by atomic mass is 9.92. The Bertz CT molecular complexity index is 832. The van der Waals surface area contributed by atoms with Crippen molar-refractivity contribution >= 4 is 28.5 Å². The molecule has 0 unspecified atom stereocenters. The molecule has 1 saturated heterocycles. The summed E-state index contributed by atoms with van der Waals surface area (Å²) in [5.41, 5.74) is 0.134. The number of likely N-dealkylation sites (tertiary alicyclic amines) is 1. The minimum absolute atomic E-state index is 0.107. The van der Waals surface area contributed by atoms with Crippen LogP contribution in [0.25, 0.3) is 0 Å². The molecule has 0 amide bonds. The lowest BCUT2D eigenvalue weighted by Crippen LogP contribution is -2.38. The quantitative estimate of drug-likeness (QED) is 0.627. The van der Waals surface area contributed by atoms with Crippen LogP contribution < -0.4 is 0 Å². The number of Topliss-reactive ketones (excluding diaryl/α,β-unsaturated/α-hetero) is 1. The molecule has 0 radical (unpaired) electrons. The first-order valence-electron chi connectivity index (χ1n) is 8.97. The number of rotatable bonds is 4. The van der Waals surface area contributed by atoms with E-state index in [2.05, 4.69) is 22.8 Å². The highest BCUT2D eigenvalue weighted by Crippen LogP contribution is 2.27. The Balaban J connectivity index is 1.62. The molecular weight excluding hydrogens is 362 g/mol. The van der Waals surface area contributed by atoms with E-state index >= 15 is 0 Å². The first kappa shape index (κ1) is 19.3. The van der Waals surface area contributed by atoms with Crippen molar-refractivity contribution in [3.8, 4) is 11.8 Å². The molecular formula is C21H25NO2S2. The summed E-state index contributed by atoms with van der Waals surface area (Å²) in [6.45, 7) is 8.13. The molecule has 138 valence electrons. The number of ketones is 1. The van der Waals surface area contributed by atoms with E-state index in [0.717, 1.165) is 47.8 Å². The summed E-state index contributed by atoms with van der Waals surface area (Å²) in [6, 6.07) is 6.15. The minimum Gasteiger partial charge on any atom is -0.378 e. The number of carbonyl (C=O) groups is 1. The van der Waals surface area contributed by atoms with E-state index in [1.807, 2.05) is 24.4 Å². The molecule has 1 aliphatic rings. The van der Waals surface area contributed by atoms with Crippen LogP contribution in [0.15, 0.2) is 23.6 Å². The van der Waals surface area contributed by atoms with Crippen molar-refractivity contribution in [1.29, 1.82) is 0 Å². The van der Waals surface area contributed by atoms with Gasteiger partial charge in [0.1, 0.15) is 5.60 Å². The van der Waals surface area contributed by atoms with Gasteiger partial charge in [0.25, 0.3) is 0 Å². The van der Waals surface area contributed by atoms with E-state index in [-0.39, 0.29) is 5.92 Å². The van der Waals surface area contributed by atoms with Gasteiger partial charge in [-0.25, -0.2) is 0 Å². The summed E-state index contributed by atoms with van der Waals surface area (Å²) >= 11 is 3.23. The second-order valence-electron chi connectivity index (χ2n) is 7.45. The second-order valence-corrected chi connectivity index (χ2v) is 9.53. The van der Waals surface area contributed by atoms with Gasteiger partial charge in [0.15, 0.2) is 5.78 Å². The molecule has 0 bridgehead atoms. The summed E-state index contributed by atoms with van der Waals surface area (Å²) < 4.78 is 0. The number of hydrogen-bond donors (Lipinski definition) is 1. The van der Waals surface area contributed by atoms with Gasteiger partial charge in [-0.1, -0.05) is 11.8 Å². The fourth-order valence-corrected chi connectivity index (χ4v) is 5.04.